The highest BCUT2D eigenvalue weighted by Gasteiger charge is 2.59. The largest absolute Gasteiger partial charge is 0.0683 e. The number of fused-ring (bicyclic) bond motifs is 8. The highest BCUT2D eigenvalue weighted by atomic mass is 79.9. The van der Waals surface area contributed by atoms with Crippen molar-refractivity contribution in [1.82, 2.24) is 0 Å². The van der Waals surface area contributed by atoms with E-state index < -0.39 is 0 Å². The van der Waals surface area contributed by atoms with E-state index in [0.717, 1.165) is 6.42 Å². The highest BCUT2D eigenvalue weighted by Crippen LogP contribution is 2.67. The van der Waals surface area contributed by atoms with E-state index in [1.807, 2.05) is 13.8 Å². The average Bonchev–Trinajstić information content (AvgIpc) is 3.57. The zero-order valence-electron chi connectivity index (χ0n) is 35.3. The first kappa shape index (κ1) is 41.0. The average molecular weight is 904 g/mol. The van der Waals surface area contributed by atoms with Gasteiger partial charge in [0.05, 0.1) is 0 Å². The van der Waals surface area contributed by atoms with Crippen molar-refractivity contribution >= 4 is 47.8 Å². The summed E-state index contributed by atoms with van der Waals surface area (Å²) < 4.78 is 3.87. The Morgan fingerprint density at radius 3 is 0.943 bits per heavy atom. The van der Waals surface area contributed by atoms with Crippen LogP contribution in [0.1, 0.15) is 174 Å². The monoisotopic (exact) mass is 900 g/mol. The van der Waals surface area contributed by atoms with E-state index in [1.165, 1.54) is 83.6 Å². The van der Waals surface area contributed by atoms with Crippen molar-refractivity contribution in [3.63, 3.8) is 0 Å². The Hall–Kier alpha value is -1.68. The maximum absolute atomic E-state index is 3.99. The Balaban J connectivity index is 0.000000173. The second-order valence-corrected chi connectivity index (χ2v) is 22.2. The molecule has 0 radical (unpaired) electrons. The molecule has 0 N–H and O–H groups in total. The molecule has 0 nitrogen and oxygen atoms in total. The molecule has 0 heterocycles. The molecule has 0 saturated carbocycles. The lowest BCUT2D eigenvalue weighted by Gasteiger charge is -2.32. The van der Waals surface area contributed by atoms with Crippen LogP contribution in [-0.4, -0.2) is 0 Å². The van der Waals surface area contributed by atoms with Crippen molar-refractivity contribution in [2.45, 2.75) is 168 Å². The molecule has 4 aromatic carbocycles. The first-order valence-corrected chi connectivity index (χ1v) is 22.5. The van der Waals surface area contributed by atoms with Gasteiger partial charge in [-0.1, -0.05) is 160 Å². The molecule has 0 amide bonds. The molecule has 0 aliphatic heterocycles. The van der Waals surface area contributed by atoms with Crippen LogP contribution >= 0.6 is 47.8 Å². The molecule has 1 atom stereocenters. The number of rotatable bonds is 1. The molecule has 53 heavy (non-hydrogen) atoms. The molecular weight excluding hydrogens is 840 g/mol. The Morgan fingerprint density at radius 2 is 0.660 bits per heavy atom. The van der Waals surface area contributed by atoms with Crippen LogP contribution in [0, 0.1) is 27.7 Å². The van der Waals surface area contributed by atoms with Crippen LogP contribution in [-0.2, 0) is 38.9 Å². The van der Waals surface area contributed by atoms with Crippen molar-refractivity contribution in [2.75, 3.05) is 0 Å². The van der Waals surface area contributed by atoms with Crippen molar-refractivity contribution < 1.29 is 0 Å². The van der Waals surface area contributed by atoms with E-state index in [4.69, 9.17) is 0 Å². The lowest BCUT2D eigenvalue weighted by molar-refractivity contribution is 0.348. The summed E-state index contributed by atoms with van der Waals surface area (Å²) >= 11 is 11.9. The van der Waals surface area contributed by atoms with Crippen LogP contribution in [0.5, 0.6) is 0 Å². The summed E-state index contributed by atoms with van der Waals surface area (Å²) in [6.45, 7) is 34.7. The van der Waals surface area contributed by atoms with Gasteiger partial charge in [0.15, 0.2) is 0 Å². The maximum atomic E-state index is 3.99. The summed E-state index contributed by atoms with van der Waals surface area (Å²) in [5.74, 6) is 0. The second kappa shape index (κ2) is 13.5. The molecule has 4 aliphatic carbocycles. The van der Waals surface area contributed by atoms with Crippen LogP contribution < -0.4 is 0 Å². The fraction of sp³-hybridized carbons (Fsp3) is 0.520. The third-order valence-corrected chi connectivity index (χ3v) is 15.1. The SMILES string of the molecule is CC.CCc1cc(C)cc2c1[C@]1(CC(C)(C)c3cc(C)cc(Br)c31)CC2(C)C.Cc1cc(Br)c2c(c1)C(C)(C)CC21CC(C)(C)c2cc(C)cc(Br)c21. The molecule has 0 aromatic heterocycles. The summed E-state index contributed by atoms with van der Waals surface area (Å²) in [4.78, 5) is 0. The first-order chi connectivity index (χ1) is 24.5. The summed E-state index contributed by atoms with van der Waals surface area (Å²) in [6, 6.07) is 19.1. The molecule has 284 valence electrons. The highest BCUT2D eigenvalue weighted by molar-refractivity contribution is 9.11. The number of hydrogen-bond acceptors (Lipinski definition) is 0. The van der Waals surface area contributed by atoms with Gasteiger partial charge in [-0.05, 0) is 166 Å². The first-order valence-electron chi connectivity index (χ1n) is 20.1. The molecule has 0 bridgehead atoms. The molecule has 0 saturated heterocycles. The van der Waals surface area contributed by atoms with Gasteiger partial charge in [0.1, 0.15) is 0 Å². The van der Waals surface area contributed by atoms with Gasteiger partial charge in [-0.25, -0.2) is 0 Å². The van der Waals surface area contributed by atoms with Crippen LogP contribution in [0.2, 0.25) is 0 Å². The van der Waals surface area contributed by atoms with E-state index in [2.05, 4.69) is 186 Å². The minimum Gasteiger partial charge on any atom is -0.0683 e. The second-order valence-electron chi connectivity index (χ2n) is 19.6. The lowest BCUT2D eigenvalue weighted by atomic mass is 9.71. The van der Waals surface area contributed by atoms with Crippen molar-refractivity contribution in [2.24, 2.45) is 0 Å². The maximum Gasteiger partial charge on any atom is 0.0247 e. The fourth-order valence-electron chi connectivity index (χ4n) is 12.0. The lowest BCUT2D eigenvalue weighted by Crippen LogP contribution is -2.28. The summed E-state index contributed by atoms with van der Waals surface area (Å²) in [5, 5.41) is 0. The topological polar surface area (TPSA) is 0 Å². The normalized spacial score (nSPS) is 22.4. The third kappa shape index (κ3) is 6.32. The molecule has 4 aliphatic rings. The molecule has 8 rings (SSSR count). The smallest absolute Gasteiger partial charge is 0.0247 e. The molecular formula is C50H63Br3. The van der Waals surface area contributed by atoms with E-state index >= 15 is 0 Å². The van der Waals surface area contributed by atoms with Crippen LogP contribution in [0.4, 0.5) is 0 Å². The van der Waals surface area contributed by atoms with E-state index in [0.29, 0.717) is 0 Å². The van der Waals surface area contributed by atoms with Gasteiger partial charge in [0, 0.05) is 24.2 Å². The molecule has 3 heteroatoms. The predicted molar refractivity (Wildman–Crippen MR) is 241 cm³/mol. The van der Waals surface area contributed by atoms with E-state index in [9.17, 15) is 0 Å². The molecule has 0 unspecified atom stereocenters. The summed E-state index contributed by atoms with van der Waals surface area (Å²) in [6.07, 6.45) is 5.89. The number of aryl methyl sites for hydroxylation is 5. The number of halogens is 3. The predicted octanol–water partition coefficient (Wildman–Crippen LogP) is 15.8. The van der Waals surface area contributed by atoms with Crippen LogP contribution in [0.25, 0.3) is 0 Å². The van der Waals surface area contributed by atoms with Gasteiger partial charge >= 0.3 is 0 Å². The van der Waals surface area contributed by atoms with Gasteiger partial charge in [-0.2, -0.15) is 0 Å². The minimum atomic E-state index is 0.0940. The van der Waals surface area contributed by atoms with Crippen LogP contribution in [0.15, 0.2) is 61.9 Å². The van der Waals surface area contributed by atoms with Crippen molar-refractivity contribution in [1.29, 1.82) is 0 Å². The zero-order valence-corrected chi connectivity index (χ0v) is 40.0. The van der Waals surface area contributed by atoms with Gasteiger partial charge < -0.3 is 0 Å². The summed E-state index contributed by atoms with van der Waals surface area (Å²) in [5.41, 5.74) is 20.5. The van der Waals surface area contributed by atoms with Gasteiger partial charge in [-0.3, -0.25) is 0 Å². The minimum absolute atomic E-state index is 0.0940. The van der Waals surface area contributed by atoms with Crippen LogP contribution in [0.3, 0.4) is 0 Å². The van der Waals surface area contributed by atoms with Gasteiger partial charge in [-0.15, -0.1) is 0 Å². The molecule has 2 spiro atoms. The van der Waals surface area contributed by atoms with Gasteiger partial charge in [0.25, 0.3) is 0 Å². The van der Waals surface area contributed by atoms with Gasteiger partial charge in [0.2, 0.25) is 0 Å². The zero-order chi connectivity index (χ0) is 39.4. The molecule has 4 aromatic rings. The standard InChI is InChI=1S/C25H31Br.C23H26Br2.C2H6/c1-8-17-9-15(2)10-18-21(17)25(13-23(18,4)5)14-24(6,7)19-11-16(3)12-20(26)22(19)25;1-13-7-15-19(17(24)9-13)23(11-21(15,3)4)12-22(5,6)16-8-14(2)10-18(25)20(16)23;1-2/h9-12H,8,13-14H2,1-7H3;7-10H,11-12H2,1-6H3;1-2H3/t25-;;/m1../s1. The summed E-state index contributed by atoms with van der Waals surface area (Å²) in [7, 11) is 0. The van der Waals surface area contributed by atoms with E-state index in [1.54, 1.807) is 27.8 Å². The Kier molecular flexibility index (Phi) is 10.4. The Labute approximate surface area is 348 Å². The van der Waals surface area contributed by atoms with E-state index in [-0.39, 0.29) is 32.5 Å². The number of hydrogen-bond donors (Lipinski definition) is 0. The quantitative estimate of drug-likeness (QED) is 0.179. The van der Waals surface area contributed by atoms with Crippen molar-refractivity contribution in [3.05, 3.63) is 134 Å². The number of benzene rings is 4. The fourth-order valence-corrected chi connectivity index (χ4v) is 14.9. The molecule has 0 fully saturated rings. The van der Waals surface area contributed by atoms with Crippen molar-refractivity contribution in [3.8, 4) is 0 Å². The third-order valence-electron chi connectivity index (χ3n) is 13.3. The Morgan fingerprint density at radius 1 is 0.415 bits per heavy atom. The Bertz CT molecular complexity index is 2040.